The summed E-state index contributed by atoms with van der Waals surface area (Å²) in [5, 5.41) is 0. The van der Waals surface area contributed by atoms with Gasteiger partial charge in [0, 0.05) is 20.8 Å². The third kappa shape index (κ3) is 3.58. The quantitative estimate of drug-likeness (QED) is 0.371. The number of benzene rings is 2. The fraction of sp³-hybridized carbons (Fsp3) is 0.429. The summed E-state index contributed by atoms with van der Waals surface area (Å²) in [6.45, 7) is 16.2. The van der Waals surface area contributed by atoms with Crippen LogP contribution in [0.3, 0.4) is 0 Å². The van der Waals surface area contributed by atoms with E-state index < -0.39 is 0 Å². The van der Waals surface area contributed by atoms with Crippen LogP contribution in [0, 0.1) is 5.92 Å². The maximum absolute atomic E-state index is 3.86. The molecule has 0 N–H and O–H groups in total. The van der Waals surface area contributed by atoms with Gasteiger partial charge in [-0.2, -0.15) is 0 Å². The van der Waals surface area contributed by atoms with E-state index in [4.69, 9.17) is 0 Å². The average Bonchev–Trinajstić information content (AvgIpc) is 3.17. The Morgan fingerprint density at radius 1 is 0.633 bits per heavy atom. The first-order valence-corrected chi connectivity index (χ1v) is 12.7. The van der Waals surface area contributed by atoms with E-state index in [0.29, 0.717) is 29.6 Å². The maximum atomic E-state index is 3.86. The van der Waals surface area contributed by atoms with Crippen molar-refractivity contribution < 1.29 is 0 Å². The number of allylic oxidation sites excluding steroid dienone is 2. The summed E-state index contributed by atoms with van der Waals surface area (Å²) in [7, 11) is 0. The number of hydrogen-bond acceptors (Lipinski definition) is 0. The molecule has 0 heterocycles. The molecule has 0 bridgehead atoms. The van der Waals surface area contributed by atoms with E-state index in [1.165, 1.54) is 53.5 Å². The number of halogens is 2. The molecule has 0 radical (unpaired) electrons. The molecule has 2 unspecified atom stereocenters. The predicted octanol–water partition coefficient (Wildman–Crippen LogP) is 9.80. The van der Waals surface area contributed by atoms with Crippen molar-refractivity contribution in [2.24, 2.45) is 5.92 Å². The molecule has 0 aromatic heterocycles. The zero-order valence-corrected chi connectivity index (χ0v) is 22.3. The summed E-state index contributed by atoms with van der Waals surface area (Å²) in [4.78, 5) is 0. The number of rotatable bonds is 4. The van der Waals surface area contributed by atoms with Crippen molar-refractivity contribution in [3.8, 4) is 0 Å². The van der Waals surface area contributed by atoms with Gasteiger partial charge in [0.15, 0.2) is 0 Å². The van der Waals surface area contributed by atoms with Gasteiger partial charge < -0.3 is 0 Å². The molecule has 4 rings (SSSR count). The zero-order valence-electron chi connectivity index (χ0n) is 19.1. The molecule has 0 saturated carbocycles. The highest BCUT2D eigenvalue weighted by Crippen LogP contribution is 2.53. The predicted molar refractivity (Wildman–Crippen MR) is 138 cm³/mol. The Morgan fingerprint density at radius 3 is 1.33 bits per heavy atom. The van der Waals surface area contributed by atoms with E-state index in [9.17, 15) is 0 Å². The smallest absolute Gasteiger partial charge is 0.0253 e. The van der Waals surface area contributed by atoms with Gasteiger partial charge in [0.2, 0.25) is 0 Å². The first-order valence-electron chi connectivity index (χ1n) is 11.1. The lowest BCUT2D eigenvalue weighted by molar-refractivity contribution is 0.454. The van der Waals surface area contributed by atoms with Gasteiger partial charge in [0.25, 0.3) is 0 Å². The summed E-state index contributed by atoms with van der Waals surface area (Å²) >= 11 is 7.73. The molecule has 0 amide bonds. The lowest BCUT2D eigenvalue weighted by atomic mass is 9.73. The lowest BCUT2D eigenvalue weighted by Crippen LogP contribution is -2.18. The Bertz CT molecular complexity index is 983. The Hall–Kier alpha value is -1.12. The highest BCUT2D eigenvalue weighted by Gasteiger charge is 2.38. The first-order chi connectivity index (χ1) is 14.1. The summed E-state index contributed by atoms with van der Waals surface area (Å²) in [6.07, 6.45) is 4.81. The number of fused-ring (bicyclic) bond motifs is 2. The van der Waals surface area contributed by atoms with Gasteiger partial charge in [0.1, 0.15) is 0 Å². The van der Waals surface area contributed by atoms with Crippen LogP contribution in [0.1, 0.15) is 106 Å². The highest BCUT2D eigenvalue weighted by molar-refractivity contribution is 9.10. The standard InChI is InChI=1S/C28H32Br2/c1-14(2)19-10-23-21(25(29)12-19)8-16(5)27(23)18(7)28-17(6)9-22-24(28)11-20(15(3)4)13-26(22)30/h8-15,18,27-28H,1-7H3. The molecule has 2 aromatic carbocycles. The van der Waals surface area contributed by atoms with Crippen molar-refractivity contribution in [3.63, 3.8) is 0 Å². The van der Waals surface area contributed by atoms with E-state index in [1.807, 2.05) is 0 Å². The molecule has 0 aliphatic heterocycles. The third-order valence-electron chi connectivity index (χ3n) is 7.15. The van der Waals surface area contributed by atoms with Gasteiger partial charge in [0.05, 0.1) is 0 Å². The molecule has 2 heteroatoms. The minimum atomic E-state index is 0.454. The van der Waals surface area contributed by atoms with Crippen LogP contribution in [0.15, 0.2) is 44.4 Å². The molecule has 30 heavy (non-hydrogen) atoms. The topological polar surface area (TPSA) is 0 Å². The normalized spacial score (nSPS) is 21.0. The number of hydrogen-bond donors (Lipinski definition) is 0. The SMILES string of the molecule is CC1=Cc2c(Br)cc(C(C)C)cc2C1C(C)C1C(C)=Cc2c(Br)cc(C(C)C)cc21. The third-order valence-corrected chi connectivity index (χ3v) is 8.46. The van der Waals surface area contributed by atoms with Crippen molar-refractivity contribution in [3.05, 3.63) is 77.7 Å². The molecule has 0 spiro atoms. The Morgan fingerprint density at radius 2 is 1.00 bits per heavy atom. The molecule has 0 nitrogen and oxygen atoms in total. The Balaban J connectivity index is 1.81. The van der Waals surface area contributed by atoms with E-state index >= 15 is 0 Å². The zero-order chi connectivity index (χ0) is 21.9. The Kier molecular flexibility index (Phi) is 5.96. The maximum Gasteiger partial charge on any atom is 0.0253 e. The molecule has 0 fully saturated rings. The fourth-order valence-corrected chi connectivity index (χ4v) is 6.74. The largest absolute Gasteiger partial charge is 0.0649 e. The molecule has 0 saturated heterocycles. The van der Waals surface area contributed by atoms with Gasteiger partial charge in [-0.25, -0.2) is 0 Å². The molecule has 158 valence electrons. The summed E-state index contributed by atoms with van der Waals surface area (Å²) < 4.78 is 2.48. The second kappa shape index (κ2) is 8.10. The van der Waals surface area contributed by atoms with Crippen LogP contribution in [0.25, 0.3) is 12.2 Å². The first kappa shape index (κ1) is 22.1. The van der Waals surface area contributed by atoms with Crippen LogP contribution >= 0.6 is 31.9 Å². The second-order valence-electron chi connectivity index (χ2n) is 9.91. The van der Waals surface area contributed by atoms with Crippen molar-refractivity contribution in [1.29, 1.82) is 0 Å². The van der Waals surface area contributed by atoms with Crippen LogP contribution in [0.5, 0.6) is 0 Å². The second-order valence-corrected chi connectivity index (χ2v) is 11.6. The van der Waals surface area contributed by atoms with E-state index in [-0.39, 0.29) is 0 Å². The highest BCUT2D eigenvalue weighted by atomic mass is 79.9. The molecular weight excluding hydrogens is 496 g/mol. The van der Waals surface area contributed by atoms with E-state index in [2.05, 4.69) is 117 Å². The van der Waals surface area contributed by atoms with Crippen LogP contribution in [-0.2, 0) is 0 Å². The molecule has 2 aliphatic carbocycles. The summed E-state index contributed by atoms with van der Waals surface area (Å²) in [6, 6.07) is 9.55. The van der Waals surface area contributed by atoms with Crippen molar-refractivity contribution >= 4 is 44.0 Å². The van der Waals surface area contributed by atoms with Crippen LogP contribution in [0.4, 0.5) is 0 Å². The van der Waals surface area contributed by atoms with Gasteiger partial charge in [-0.05, 0) is 77.1 Å². The fourth-order valence-electron chi connectivity index (χ4n) is 5.52. The molecule has 2 atom stereocenters. The Labute approximate surface area is 199 Å². The monoisotopic (exact) mass is 526 g/mol. The minimum Gasteiger partial charge on any atom is -0.0649 e. The van der Waals surface area contributed by atoms with Crippen molar-refractivity contribution in [2.45, 2.75) is 72.1 Å². The average molecular weight is 528 g/mol. The van der Waals surface area contributed by atoms with Crippen molar-refractivity contribution in [1.82, 2.24) is 0 Å². The summed E-state index contributed by atoms with van der Waals surface area (Å²) in [5.41, 5.74) is 11.6. The molecular formula is C28H32Br2. The van der Waals surface area contributed by atoms with E-state index in [1.54, 1.807) is 0 Å². The van der Waals surface area contributed by atoms with Gasteiger partial charge in [-0.1, -0.05) is 102 Å². The van der Waals surface area contributed by atoms with Crippen LogP contribution in [0.2, 0.25) is 0 Å². The van der Waals surface area contributed by atoms with Gasteiger partial charge in [-0.15, -0.1) is 0 Å². The van der Waals surface area contributed by atoms with E-state index in [0.717, 1.165) is 0 Å². The van der Waals surface area contributed by atoms with Gasteiger partial charge >= 0.3 is 0 Å². The molecule has 2 aromatic rings. The summed E-state index contributed by atoms with van der Waals surface area (Å²) in [5.74, 6) is 2.47. The van der Waals surface area contributed by atoms with Gasteiger partial charge in [-0.3, -0.25) is 0 Å². The lowest BCUT2D eigenvalue weighted by Gasteiger charge is -2.31. The minimum absolute atomic E-state index is 0.454. The van der Waals surface area contributed by atoms with Crippen molar-refractivity contribution in [2.75, 3.05) is 0 Å². The molecule has 2 aliphatic rings. The van der Waals surface area contributed by atoms with Crippen LogP contribution < -0.4 is 0 Å². The van der Waals surface area contributed by atoms with Crippen LogP contribution in [-0.4, -0.2) is 0 Å².